The average molecular weight is 255 g/mol. The predicted molar refractivity (Wildman–Crippen MR) is 63.0 cm³/mol. The smallest absolute Gasteiger partial charge is 0.341 e. The number of carbonyl (C=O) groups is 2. The summed E-state index contributed by atoms with van der Waals surface area (Å²) >= 11 is 0. The van der Waals surface area contributed by atoms with E-state index in [0.717, 1.165) is 0 Å². The maximum Gasteiger partial charge on any atom is 0.341 e. The van der Waals surface area contributed by atoms with Crippen LogP contribution < -0.4 is 5.32 Å². The number of esters is 2. The second-order valence-corrected chi connectivity index (χ2v) is 3.53. The Morgan fingerprint density at radius 3 is 2.89 bits per heavy atom. The van der Waals surface area contributed by atoms with Crippen LogP contribution in [0.5, 0.6) is 0 Å². The highest BCUT2D eigenvalue weighted by Crippen LogP contribution is 2.08. The van der Waals surface area contributed by atoms with Crippen molar-refractivity contribution in [3.05, 3.63) is 23.7 Å². The number of hydrogen-bond acceptors (Lipinski definition) is 6. The molecule has 1 heterocycles. The third-order valence-electron chi connectivity index (χ3n) is 2.19. The lowest BCUT2D eigenvalue weighted by atomic mass is 10.3. The van der Waals surface area contributed by atoms with Gasteiger partial charge in [0.2, 0.25) is 0 Å². The summed E-state index contributed by atoms with van der Waals surface area (Å²) in [5, 5.41) is 3.01. The molecular weight excluding hydrogens is 238 g/mol. The molecule has 0 aromatic carbocycles. The van der Waals surface area contributed by atoms with Crippen molar-refractivity contribution in [1.29, 1.82) is 0 Å². The number of rotatable bonds is 7. The molecule has 6 heteroatoms. The van der Waals surface area contributed by atoms with Gasteiger partial charge in [-0.05, 0) is 13.0 Å². The molecule has 0 spiro atoms. The van der Waals surface area contributed by atoms with E-state index < -0.39 is 5.97 Å². The topological polar surface area (TPSA) is 77.8 Å². The van der Waals surface area contributed by atoms with Crippen molar-refractivity contribution in [3.8, 4) is 0 Å². The Bertz CT molecular complexity index is 399. The second kappa shape index (κ2) is 7.50. The molecule has 18 heavy (non-hydrogen) atoms. The van der Waals surface area contributed by atoms with Crippen LogP contribution in [0.15, 0.2) is 16.7 Å². The zero-order valence-electron chi connectivity index (χ0n) is 10.5. The molecule has 1 aromatic heterocycles. The molecular formula is C12H17NO5. The number of nitrogens with one attached hydrogen (secondary N) is 1. The van der Waals surface area contributed by atoms with E-state index in [4.69, 9.17) is 9.15 Å². The molecule has 1 N–H and O–H groups in total. The van der Waals surface area contributed by atoms with Crippen LogP contribution in [-0.2, 0) is 20.8 Å². The fraction of sp³-hybridized carbons (Fsp3) is 0.500. The summed E-state index contributed by atoms with van der Waals surface area (Å²) in [7, 11) is 1.31. The van der Waals surface area contributed by atoms with Crippen molar-refractivity contribution in [2.45, 2.75) is 19.9 Å². The molecule has 0 aliphatic carbocycles. The van der Waals surface area contributed by atoms with E-state index in [-0.39, 0.29) is 5.97 Å². The van der Waals surface area contributed by atoms with Gasteiger partial charge in [-0.3, -0.25) is 4.79 Å². The minimum Gasteiger partial charge on any atom is -0.467 e. The van der Waals surface area contributed by atoms with Crippen LogP contribution in [0.4, 0.5) is 0 Å². The first-order chi connectivity index (χ1) is 8.67. The largest absolute Gasteiger partial charge is 0.467 e. The summed E-state index contributed by atoms with van der Waals surface area (Å²) < 4.78 is 14.5. The first-order valence-electron chi connectivity index (χ1n) is 5.69. The monoisotopic (exact) mass is 255 g/mol. The predicted octanol–water partition coefficient (Wildman–Crippen LogP) is 1.11. The Labute approximate surface area is 105 Å². The Morgan fingerprint density at radius 2 is 2.22 bits per heavy atom. The SMILES string of the molecule is CCOC(=O)CCNCc1cc(C(=O)OC)co1. The maximum atomic E-state index is 11.2. The molecule has 0 saturated carbocycles. The molecule has 1 aromatic rings. The van der Waals surface area contributed by atoms with Crippen LogP contribution in [-0.4, -0.2) is 32.2 Å². The number of methoxy groups -OCH3 is 1. The zero-order chi connectivity index (χ0) is 13.4. The number of hydrogen-bond donors (Lipinski definition) is 1. The molecule has 6 nitrogen and oxygen atoms in total. The molecule has 0 amide bonds. The van der Waals surface area contributed by atoms with Crippen molar-refractivity contribution >= 4 is 11.9 Å². The third-order valence-corrected chi connectivity index (χ3v) is 2.19. The Balaban J connectivity index is 2.25. The summed E-state index contributed by atoms with van der Waals surface area (Å²) in [6.07, 6.45) is 1.65. The maximum absolute atomic E-state index is 11.2. The van der Waals surface area contributed by atoms with Gasteiger partial charge in [-0.15, -0.1) is 0 Å². The van der Waals surface area contributed by atoms with Gasteiger partial charge >= 0.3 is 11.9 Å². The highest BCUT2D eigenvalue weighted by atomic mass is 16.5. The van der Waals surface area contributed by atoms with Gasteiger partial charge < -0.3 is 19.2 Å². The van der Waals surface area contributed by atoms with Crippen molar-refractivity contribution < 1.29 is 23.5 Å². The summed E-state index contributed by atoms with van der Waals surface area (Å²) in [5.41, 5.74) is 0.375. The van der Waals surface area contributed by atoms with Crippen molar-refractivity contribution in [3.63, 3.8) is 0 Å². The van der Waals surface area contributed by atoms with Crippen molar-refractivity contribution in [1.82, 2.24) is 5.32 Å². The molecule has 0 aliphatic rings. The molecule has 1 rings (SSSR count). The third kappa shape index (κ3) is 4.58. The number of ether oxygens (including phenoxy) is 2. The fourth-order valence-electron chi connectivity index (χ4n) is 1.33. The molecule has 100 valence electrons. The summed E-state index contributed by atoms with van der Waals surface area (Å²) in [5.74, 6) is -0.0597. The van der Waals surface area contributed by atoms with Gasteiger partial charge in [0.25, 0.3) is 0 Å². The van der Waals surface area contributed by atoms with E-state index in [1.807, 2.05) is 0 Å². The van der Waals surface area contributed by atoms with Crippen LogP contribution >= 0.6 is 0 Å². The Hall–Kier alpha value is -1.82. The van der Waals surface area contributed by atoms with Gasteiger partial charge in [-0.25, -0.2) is 4.79 Å². The Morgan fingerprint density at radius 1 is 1.44 bits per heavy atom. The molecule has 0 atom stereocenters. The van der Waals surface area contributed by atoms with Crippen LogP contribution in [0.1, 0.15) is 29.5 Å². The lowest BCUT2D eigenvalue weighted by Crippen LogP contribution is -2.18. The molecule has 0 aliphatic heterocycles. The summed E-state index contributed by atoms with van der Waals surface area (Å²) in [6.45, 7) is 3.09. The van der Waals surface area contributed by atoms with Crippen molar-refractivity contribution in [2.24, 2.45) is 0 Å². The van der Waals surface area contributed by atoms with Gasteiger partial charge in [-0.1, -0.05) is 0 Å². The van der Waals surface area contributed by atoms with Crippen LogP contribution in [0.25, 0.3) is 0 Å². The first-order valence-corrected chi connectivity index (χ1v) is 5.69. The van der Waals surface area contributed by atoms with Crippen molar-refractivity contribution in [2.75, 3.05) is 20.3 Å². The van der Waals surface area contributed by atoms with Gasteiger partial charge in [0, 0.05) is 6.54 Å². The van der Waals surface area contributed by atoms with Crippen LogP contribution in [0.2, 0.25) is 0 Å². The van der Waals surface area contributed by atoms with E-state index in [9.17, 15) is 9.59 Å². The molecule has 0 radical (unpaired) electrons. The molecule has 0 saturated heterocycles. The highest BCUT2D eigenvalue weighted by Gasteiger charge is 2.09. The van der Waals surface area contributed by atoms with Gasteiger partial charge in [0.15, 0.2) is 0 Å². The molecule has 0 fully saturated rings. The summed E-state index contributed by atoms with van der Waals surface area (Å²) in [4.78, 5) is 22.2. The van der Waals surface area contributed by atoms with Gasteiger partial charge in [-0.2, -0.15) is 0 Å². The van der Waals surface area contributed by atoms with Gasteiger partial charge in [0.05, 0.1) is 32.2 Å². The summed E-state index contributed by atoms with van der Waals surface area (Å²) in [6, 6.07) is 1.60. The Kier molecular flexibility index (Phi) is 5.93. The van der Waals surface area contributed by atoms with Crippen LogP contribution in [0, 0.1) is 0 Å². The lowest BCUT2D eigenvalue weighted by Gasteiger charge is -2.02. The van der Waals surface area contributed by atoms with Gasteiger partial charge in [0.1, 0.15) is 12.0 Å². The van der Waals surface area contributed by atoms with E-state index >= 15 is 0 Å². The number of furan rings is 1. The number of carbonyl (C=O) groups excluding carboxylic acids is 2. The second-order valence-electron chi connectivity index (χ2n) is 3.53. The van der Waals surface area contributed by atoms with E-state index in [0.29, 0.717) is 37.4 Å². The quantitative estimate of drug-likeness (QED) is 0.581. The average Bonchev–Trinajstić information content (AvgIpc) is 2.83. The fourth-order valence-corrected chi connectivity index (χ4v) is 1.33. The minimum atomic E-state index is -0.434. The first kappa shape index (κ1) is 14.2. The van der Waals surface area contributed by atoms with E-state index in [1.165, 1.54) is 13.4 Å². The normalized spacial score (nSPS) is 10.1. The highest BCUT2D eigenvalue weighted by molar-refractivity contribution is 5.88. The van der Waals surface area contributed by atoms with E-state index in [2.05, 4.69) is 10.1 Å². The standard InChI is InChI=1S/C12H17NO5/c1-3-17-11(14)4-5-13-7-10-6-9(8-18-10)12(15)16-2/h6,8,13H,3-5,7H2,1-2H3. The van der Waals surface area contributed by atoms with Crippen LogP contribution in [0.3, 0.4) is 0 Å². The van der Waals surface area contributed by atoms with E-state index in [1.54, 1.807) is 13.0 Å². The zero-order valence-corrected chi connectivity index (χ0v) is 10.5. The molecule has 0 bridgehead atoms. The minimum absolute atomic E-state index is 0.236. The molecule has 0 unspecified atom stereocenters. The lowest BCUT2D eigenvalue weighted by molar-refractivity contribution is -0.142.